The van der Waals surface area contributed by atoms with Gasteiger partial charge in [-0.2, -0.15) is 0 Å². The van der Waals surface area contributed by atoms with Gasteiger partial charge in [0.05, 0.1) is 18.8 Å². The highest BCUT2D eigenvalue weighted by molar-refractivity contribution is 5.25. The molecule has 26 heavy (non-hydrogen) atoms. The first-order chi connectivity index (χ1) is 12.0. The number of hydrogen-bond donors (Lipinski definition) is 1. The molecule has 0 spiro atoms. The molecule has 3 nitrogen and oxygen atoms in total. The Morgan fingerprint density at radius 1 is 1.00 bits per heavy atom. The molecule has 3 heteroatoms. The van der Waals surface area contributed by atoms with Gasteiger partial charge < -0.3 is 14.6 Å². The zero-order chi connectivity index (χ0) is 19.0. The van der Waals surface area contributed by atoms with Gasteiger partial charge in [0.1, 0.15) is 0 Å². The van der Waals surface area contributed by atoms with Crippen LogP contribution in [0.25, 0.3) is 0 Å². The Morgan fingerprint density at radius 3 is 2.38 bits per heavy atom. The molecule has 0 bridgehead atoms. The van der Waals surface area contributed by atoms with Crippen LogP contribution in [-0.4, -0.2) is 29.7 Å². The molecule has 148 valence electrons. The van der Waals surface area contributed by atoms with Crippen LogP contribution >= 0.6 is 0 Å². The van der Waals surface area contributed by atoms with E-state index in [4.69, 9.17) is 9.47 Å². The Labute approximate surface area is 159 Å². The van der Waals surface area contributed by atoms with Gasteiger partial charge in [0, 0.05) is 5.41 Å². The third-order valence-electron chi connectivity index (χ3n) is 8.71. The van der Waals surface area contributed by atoms with Gasteiger partial charge in [-0.1, -0.05) is 39.3 Å². The number of rotatable bonds is 1. The third-order valence-corrected chi connectivity index (χ3v) is 8.71. The second kappa shape index (κ2) is 5.81. The lowest BCUT2D eigenvalue weighted by molar-refractivity contribution is -0.153. The van der Waals surface area contributed by atoms with Crippen molar-refractivity contribution in [3.05, 3.63) is 11.6 Å². The minimum Gasteiger partial charge on any atom is -0.393 e. The minimum atomic E-state index is -0.448. The fourth-order valence-electron chi connectivity index (χ4n) is 7.01. The quantitative estimate of drug-likeness (QED) is 0.661. The number of hydrogen-bond acceptors (Lipinski definition) is 3. The summed E-state index contributed by atoms with van der Waals surface area (Å²) < 4.78 is 12.1. The molecule has 3 aliphatic carbocycles. The van der Waals surface area contributed by atoms with Crippen molar-refractivity contribution in [2.75, 3.05) is 6.61 Å². The topological polar surface area (TPSA) is 38.7 Å². The predicted octanol–water partition coefficient (Wildman–Crippen LogP) is 5.08. The van der Waals surface area contributed by atoms with E-state index in [2.05, 4.69) is 33.8 Å². The molecule has 4 rings (SSSR count). The Morgan fingerprint density at radius 2 is 1.73 bits per heavy atom. The standard InChI is InChI=1S/C23H38O3/c1-20(2)17-8-7-15-13-22(5,19-14-25-21(3,4)26-19)11-9-16(15)23(17,6)12-10-18(20)24/h13,16-19,24H,7-12,14H2,1-6H3/t16?,17?,18-,19?,22+,23+/m1/s1. The average molecular weight is 363 g/mol. The average Bonchev–Trinajstić information content (AvgIpc) is 2.92. The van der Waals surface area contributed by atoms with Crippen LogP contribution in [0.4, 0.5) is 0 Å². The fraction of sp³-hybridized carbons (Fsp3) is 0.913. The molecule has 6 atom stereocenters. The van der Waals surface area contributed by atoms with Crippen molar-refractivity contribution in [1.29, 1.82) is 0 Å². The van der Waals surface area contributed by atoms with Gasteiger partial charge in [0.25, 0.3) is 0 Å². The first-order valence-corrected chi connectivity index (χ1v) is 10.7. The highest BCUT2D eigenvalue weighted by Crippen LogP contribution is 2.64. The van der Waals surface area contributed by atoms with Crippen LogP contribution in [0.5, 0.6) is 0 Å². The van der Waals surface area contributed by atoms with Gasteiger partial charge in [0.2, 0.25) is 0 Å². The molecule has 0 aromatic heterocycles. The zero-order valence-electron chi connectivity index (χ0n) is 17.6. The van der Waals surface area contributed by atoms with E-state index in [1.54, 1.807) is 5.57 Å². The lowest BCUT2D eigenvalue weighted by Crippen LogP contribution is -2.55. The molecule has 0 amide bonds. The SMILES string of the molecule is CC1(C)OCC([C@]2(C)C=C3CCC4C(C)(C)[C@H](O)CC[C@@]4(C)C3CC2)O1. The summed E-state index contributed by atoms with van der Waals surface area (Å²) in [5.74, 6) is 0.850. The van der Waals surface area contributed by atoms with Crippen LogP contribution in [0, 0.1) is 28.1 Å². The van der Waals surface area contributed by atoms with Gasteiger partial charge in [-0.15, -0.1) is 0 Å². The van der Waals surface area contributed by atoms with E-state index in [-0.39, 0.29) is 23.0 Å². The van der Waals surface area contributed by atoms with Crippen LogP contribution in [0.15, 0.2) is 11.6 Å². The summed E-state index contributed by atoms with van der Waals surface area (Å²) in [5.41, 5.74) is 2.12. The van der Waals surface area contributed by atoms with E-state index in [0.717, 1.165) is 12.8 Å². The fourth-order valence-corrected chi connectivity index (χ4v) is 7.01. The van der Waals surface area contributed by atoms with Gasteiger partial charge >= 0.3 is 0 Å². The van der Waals surface area contributed by atoms with Crippen molar-refractivity contribution in [3.8, 4) is 0 Å². The van der Waals surface area contributed by atoms with Crippen molar-refractivity contribution in [1.82, 2.24) is 0 Å². The maximum absolute atomic E-state index is 10.6. The zero-order valence-corrected chi connectivity index (χ0v) is 17.6. The maximum Gasteiger partial charge on any atom is 0.163 e. The molecule has 0 aromatic rings. The van der Waals surface area contributed by atoms with Gasteiger partial charge in [0.15, 0.2) is 5.79 Å². The first kappa shape index (κ1) is 19.0. The highest BCUT2D eigenvalue weighted by Gasteiger charge is 2.57. The predicted molar refractivity (Wildman–Crippen MR) is 104 cm³/mol. The monoisotopic (exact) mass is 362 g/mol. The molecule has 1 aliphatic heterocycles. The molecule has 1 heterocycles. The van der Waals surface area contributed by atoms with Crippen LogP contribution in [-0.2, 0) is 9.47 Å². The highest BCUT2D eigenvalue weighted by atomic mass is 16.7. The van der Waals surface area contributed by atoms with E-state index in [9.17, 15) is 5.11 Å². The van der Waals surface area contributed by atoms with Crippen molar-refractivity contribution in [2.24, 2.45) is 28.1 Å². The van der Waals surface area contributed by atoms with Gasteiger partial charge in [-0.25, -0.2) is 0 Å². The summed E-state index contributed by atoms with van der Waals surface area (Å²) in [5, 5.41) is 10.6. The van der Waals surface area contributed by atoms with E-state index >= 15 is 0 Å². The molecule has 4 aliphatic rings. The number of aliphatic hydroxyl groups excluding tert-OH is 1. The molecular weight excluding hydrogens is 324 g/mol. The number of fused-ring (bicyclic) bond motifs is 3. The minimum absolute atomic E-state index is 0.0334. The molecular formula is C23H38O3. The lowest BCUT2D eigenvalue weighted by atomic mass is 9.45. The second-order valence-electron chi connectivity index (χ2n) is 11.1. The van der Waals surface area contributed by atoms with Crippen molar-refractivity contribution in [2.45, 2.75) is 98.1 Å². The largest absolute Gasteiger partial charge is 0.393 e. The van der Waals surface area contributed by atoms with Gasteiger partial charge in [-0.05, 0) is 75.0 Å². The van der Waals surface area contributed by atoms with Crippen molar-refractivity contribution in [3.63, 3.8) is 0 Å². The Bertz CT molecular complexity index is 607. The first-order valence-electron chi connectivity index (χ1n) is 10.7. The summed E-state index contributed by atoms with van der Waals surface area (Å²) in [6.07, 6.45) is 9.55. The second-order valence-corrected chi connectivity index (χ2v) is 11.1. The Kier molecular flexibility index (Phi) is 4.24. The number of allylic oxidation sites excluding steroid dienone is 1. The third kappa shape index (κ3) is 2.72. The summed E-state index contributed by atoms with van der Waals surface area (Å²) in [7, 11) is 0. The molecule has 1 saturated heterocycles. The maximum atomic E-state index is 10.6. The van der Waals surface area contributed by atoms with E-state index in [0.29, 0.717) is 23.9 Å². The van der Waals surface area contributed by atoms with E-state index in [1.807, 2.05) is 13.8 Å². The van der Waals surface area contributed by atoms with E-state index in [1.165, 1.54) is 25.7 Å². The summed E-state index contributed by atoms with van der Waals surface area (Å²) in [6, 6.07) is 0. The molecule has 2 saturated carbocycles. The normalized spacial score (nSPS) is 49.9. The molecule has 3 fully saturated rings. The smallest absolute Gasteiger partial charge is 0.163 e. The number of aliphatic hydroxyl groups is 1. The van der Waals surface area contributed by atoms with Crippen LogP contribution < -0.4 is 0 Å². The van der Waals surface area contributed by atoms with Crippen LogP contribution in [0.1, 0.15) is 80.1 Å². The Balaban J connectivity index is 1.61. The van der Waals surface area contributed by atoms with Crippen molar-refractivity contribution < 1.29 is 14.6 Å². The summed E-state index contributed by atoms with van der Waals surface area (Å²) >= 11 is 0. The molecule has 0 aromatic carbocycles. The molecule has 0 radical (unpaired) electrons. The van der Waals surface area contributed by atoms with Gasteiger partial charge in [-0.3, -0.25) is 0 Å². The van der Waals surface area contributed by atoms with Crippen LogP contribution in [0.2, 0.25) is 0 Å². The van der Waals surface area contributed by atoms with Crippen molar-refractivity contribution >= 4 is 0 Å². The summed E-state index contributed by atoms with van der Waals surface area (Å²) in [4.78, 5) is 0. The molecule has 3 unspecified atom stereocenters. The van der Waals surface area contributed by atoms with E-state index < -0.39 is 5.79 Å². The van der Waals surface area contributed by atoms with Crippen LogP contribution in [0.3, 0.4) is 0 Å². The Hall–Kier alpha value is -0.380. The lowest BCUT2D eigenvalue weighted by Gasteiger charge is -2.61. The summed E-state index contributed by atoms with van der Waals surface area (Å²) in [6.45, 7) is 14.2. The molecule has 1 N–H and O–H groups in total. The number of ether oxygens (including phenoxy) is 2.